The van der Waals surface area contributed by atoms with Gasteiger partial charge in [-0.3, -0.25) is 4.79 Å². The SMILES string of the molecule is [3H][C@H]1CCCCC1OC(=O)C(CC(=O)N[C@@H](C)C(=O)OCc1ccccc1)NC(=O)OCCCC. The molecule has 0 bridgehead atoms. The third-order valence-corrected chi connectivity index (χ3v) is 5.29. The fraction of sp³-hybridized carbons (Fsp3) is 0.600. The Labute approximate surface area is 202 Å². The summed E-state index contributed by atoms with van der Waals surface area (Å²) >= 11 is 0. The molecular weight excluding hydrogens is 440 g/mol. The Morgan fingerprint density at radius 2 is 1.82 bits per heavy atom. The lowest BCUT2D eigenvalue weighted by Crippen LogP contribution is -2.48. The first-order chi connectivity index (χ1) is 16.8. The standard InChI is InChI=1S/C25H36N2O7/c1-3-4-15-32-25(31)27-21(24(30)34-20-13-9-6-10-14-20)16-22(28)26-18(2)23(29)33-17-19-11-7-5-8-12-19/h5,7-8,11-12,18,20-21H,3-4,6,9-10,13-17H2,1-2H3,(H,26,28)(H,27,31)/t18-,21?/m0/s1/i13T/t13-,18-,20?,21?. The molecule has 0 aromatic heterocycles. The number of carbonyl (C=O) groups is 4. The van der Waals surface area contributed by atoms with E-state index in [-0.39, 0.29) is 13.2 Å². The second-order valence-electron chi connectivity index (χ2n) is 8.27. The van der Waals surface area contributed by atoms with Gasteiger partial charge in [0.25, 0.3) is 0 Å². The van der Waals surface area contributed by atoms with Crippen LogP contribution in [0.25, 0.3) is 0 Å². The van der Waals surface area contributed by atoms with E-state index in [0.717, 1.165) is 24.8 Å². The van der Waals surface area contributed by atoms with Crippen molar-refractivity contribution in [3.05, 3.63) is 35.9 Å². The maximum Gasteiger partial charge on any atom is 0.407 e. The van der Waals surface area contributed by atoms with Crippen molar-refractivity contribution in [2.45, 2.75) is 90.0 Å². The van der Waals surface area contributed by atoms with E-state index in [0.29, 0.717) is 19.3 Å². The summed E-state index contributed by atoms with van der Waals surface area (Å²) in [6, 6.07) is 6.84. The lowest BCUT2D eigenvalue weighted by Gasteiger charge is -2.25. The van der Waals surface area contributed by atoms with Gasteiger partial charge in [0.15, 0.2) is 0 Å². The minimum Gasteiger partial charge on any atom is -0.461 e. The molecule has 1 aliphatic carbocycles. The molecule has 1 saturated carbocycles. The third kappa shape index (κ3) is 10.2. The van der Waals surface area contributed by atoms with Crippen LogP contribution < -0.4 is 10.6 Å². The van der Waals surface area contributed by atoms with Crippen molar-refractivity contribution in [1.82, 2.24) is 10.6 Å². The van der Waals surface area contributed by atoms with Crippen molar-refractivity contribution in [3.8, 4) is 0 Å². The van der Waals surface area contributed by atoms with Gasteiger partial charge < -0.3 is 24.8 Å². The van der Waals surface area contributed by atoms with E-state index in [1.165, 1.54) is 6.92 Å². The molecule has 2 unspecified atom stereocenters. The Hall–Kier alpha value is -3.10. The molecule has 34 heavy (non-hydrogen) atoms. The lowest BCUT2D eigenvalue weighted by molar-refractivity contribution is -0.154. The first-order valence-electron chi connectivity index (χ1n) is 12.4. The zero-order valence-electron chi connectivity index (χ0n) is 20.9. The number of unbranched alkanes of at least 4 members (excludes halogenated alkanes) is 1. The molecule has 188 valence electrons. The van der Waals surface area contributed by atoms with E-state index in [9.17, 15) is 19.2 Å². The van der Waals surface area contributed by atoms with Gasteiger partial charge in [0, 0.05) is 1.37 Å². The second-order valence-corrected chi connectivity index (χ2v) is 8.27. The molecule has 1 aliphatic rings. The average Bonchev–Trinajstić information content (AvgIpc) is 2.84. The van der Waals surface area contributed by atoms with Crippen LogP contribution in [0.2, 0.25) is 0 Å². The van der Waals surface area contributed by atoms with E-state index >= 15 is 0 Å². The molecule has 0 aliphatic heterocycles. The summed E-state index contributed by atoms with van der Waals surface area (Å²) in [5.41, 5.74) is 0.809. The number of esters is 2. The molecule has 9 nitrogen and oxygen atoms in total. The molecule has 0 saturated heterocycles. The van der Waals surface area contributed by atoms with E-state index in [4.69, 9.17) is 15.6 Å². The number of hydrogen-bond acceptors (Lipinski definition) is 7. The molecule has 1 aromatic rings. The normalized spacial score (nSPS) is 19.6. The maximum absolute atomic E-state index is 12.8. The Bertz CT molecular complexity index is 836. The highest BCUT2D eigenvalue weighted by atomic mass is 16.6. The first kappa shape index (κ1) is 25.5. The molecule has 2 amide bonds. The number of ether oxygens (including phenoxy) is 3. The Balaban J connectivity index is 1.92. The second kappa shape index (κ2) is 14.9. The molecule has 1 aromatic carbocycles. The minimum absolute atomic E-state index is 0.0651. The summed E-state index contributed by atoms with van der Waals surface area (Å²) in [4.78, 5) is 49.8. The van der Waals surface area contributed by atoms with Gasteiger partial charge in [-0.15, -0.1) is 0 Å². The summed E-state index contributed by atoms with van der Waals surface area (Å²) in [5.74, 6) is -2.08. The van der Waals surface area contributed by atoms with Gasteiger partial charge in [-0.05, 0) is 44.6 Å². The molecule has 0 radical (unpaired) electrons. The van der Waals surface area contributed by atoms with Crippen molar-refractivity contribution < 1.29 is 34.8 Å². The van der Waals surface area contributed by atoms with Gasteiger partial charge in [-0.1, -0.05) is 50.1 Å². The van der Waals surface area contributed by atoms with E-state index in [2.05, 4.69) is 10.6 Å². The number of amides is 2. The van der Waals surface area contributed by atoms with Crippen LogP contribution >= 0.6 is 0 Å². The van der Waals surface area contributed by atoms with Crippen molar-refractivity contribution >= 4 is 23.9 Å². The van der Waals surface area contributed by atoms with Gasteiger partial charge in [0.05, 0.1) is 13.0 Å². The maximum atomic E-state index is 12.8. The lowest BCUT2D eigenvalue weighted by atomic mass is 9.98. The fourth-order valence-electron chi connectivity index (χ4n) is 3.33. The van der Waals surface area contributed by atoms with Gasteiger partial charge in [-0.2, -0.15) is 0 Å². The summed E-state index contributed by atoms with van der Waals surface area (Å²) in [5, 5.41) is 4.88. The van der Waals surface area contributed by atoms with Crippen molar-refractivity contribution in [2.75, 3.05) is 6.61 Å². The highest BCUT2D eigenvalue weighted by Gasteiger charge is 2.30. The molecule has 0 heterocycles. The van der Waals surface area contributed by atoms with Gasteiger partial charge in [0.1, 0.15) is 24.8 Å². The van der Waals surface area contributed by atoms with Crippen LogP contribution in [0.15, 0.2) is 30.3 Å². The number of hydrogen-bond donors (Lipinski definition) is 2. The predicted molar refractivity (Wildman–Crippen MR) is 125 cm³/mol. The van der Waals surface area contributed by atoms with E-state index in [1.54, 1.807) is 0 Å². The quantitative estimate of drug-likeness (QED) is 0.268. The van der Waals surface area contributed by atoms with E-state index < -0.39 is 54.9 Å². The summed E-state index contributed by atoms with van der Waals surface area (Å²) in [6.45, 7) is 3.66. The largest absolute Gasteiger partial charge is 0.461 e. The minimum atomic E-state index is -1.31. The van der Waals surface area contributed by atoms with Gasteiger partial charge >= 0.3 is 18.0 Å². The molecule has 9 heteroatoms. The number of alkyl carbamates (subject to hydrolysis) is 1. The number of rotatable bonds is 12. The average molecular weight is 479 g/mol. The zero-order valence-corrected chi connectivity index (χ0v) is 19.9. The molecular formula is C25H36N2O7. The van der Waals surface area contributed by atoms with Crippen LogP contribution in [0.3, 0.4) is 0 Å². The Morgan fingerprint density at radius 3 is 2.53 bits per heavy atom. The van der Waals surface area contributed by atoms with Crippen molar-refractivity contribution in [3.63, 3.8) is 0 Å². The molecule has 1 fully saturated rings. The first-order valence-corrected chi connectivity index (χ1v) is 11.9. The predicted octanol–water partition coefficient (Wildman–Crippen LogP) is 3.40. The van der Waals surface area contributed by atoms with Gasteiger partial charge in [0.2, 0.25) is 5.91 Å². The van der Waals surface area contributed by atoms with Crippen LogP contribution in [0.5, 0.6) is 0 Å². The van der Waals surface area contributed by atoms with Crippen LogP contribution in [0, 0.1) is 0 Å². The van der Waals surface area contributed by atoms with Crippen LogP contribution in [-0.2, 0) is 35.2 Å². The molecule has 4 atom stereocenters. The summed E-state index contributed by atoms with van der Waals surface area (Å²) < 4.78 is 23.8. The summed E-state index contributed by atoms with van der Waals surface area (Å²) in [6.07, 6.45) is 1.98. The van der Waals surface area contributed by atoms with Crippen molar-refractivity contribution in [2.24, 2.45) is 0 Å². The Kier molecular flexibility index (Phi) is 11.2. The topological polar surface area (TPSA) is 120 Å². The Morgan fingerprint density at radius 1 is 1.06 bits per heavy atom. The molecule has 2 rings (SSSR count). The highest BCUT2D eigenvalue weighted by molar-refractivity contribution is 5.90. The summed E-state index contributed by atoms with van der Waals surface area (Å²) in [7, 11) is 0. The number of benzene rings is 1. The van der Waals surface area contributed by atoms with Crippen LogP contribution in [0.4, 0.5) is 4.79 Å². The molecule has 2 N–H and O–H groups in total. The fourth-order valence-corrected chi connectivity index (χ4v) is 3.33. The van der Waals surface area contributed by atoms with E-state index in [1.807, 2.05) is 37.3 Å². The highest BCUT2D eigenvalue weighted by Crippen LogP contribution is 2.21. The smallest absolute Gasteiger partial charge is 0.407 e. The van der Waals surface area contributed by atoms with Crippen LogP contribution in [0.1, 0.15) is 72.1 Å². The molecule has 0 spiro atoms. The third-order valence-electron chi connectivity index (χ3n) is 5.29. The number of nitrogens with one attached hydrogen (secondary N) is 2. The van der Waals surface area contributed by atoms with Gasteiger partial charge in [-0.25, -0.2) is 14.4 Å². The monoisotopic (exact) mass is 478 g/mol. The van der Waals surface area contributed by atoms with Crippen molar-refractivity contribution in [1.29, 1.82) is 0 Å². The zero-order chi connectivity index (χ0) is 25.6. The van der Waals surface area contributed by atoms with Crippen LogP contribution in [-0.4, -0.2) is 48.7 Å². The number of carbonyl (C=O) groups excluding carboxylic acids is 4.